The first-order valence-corrected chi connectivity index (χ1v) is 8.67. The average Bonchev–Trinajstić information content (AvgIpc) is 2.92. The van der Waals surface area contributed by atoms with E-state index in [1.54, 1.807) is 0 Å². The molecule has 132 valence electrons. The maximum atomic E-state index is 10.3. The molecule has 0 unspecified atom stereocenters. The number of benzene rings is 1. The van der Waals surface area contributed by atoms with E-state index in [9.17, 15) is 5.11 Å². The molecule has 0 aliphatic carbocycles. The zero-order valence-corrected chi connectivity index (χ0v) is 15.5. The molecule has 2 saturated heterocycles. The molecule has 23 heavy (non-hydrogen) atoms. The van der Waals surface area contributed by atoms with Crippen LogP contribution in [0.15, 0.2) is 18.2 Å². The van der Waals surface area contributed by atoms with Gasteiger partial charge in [0.1, 0.15) is 5.75 Å². The summed E-state index contributed by atoms with van der Waals surface area (Å²) in [5.41, 5.74) is 2.33. The van der Waals surface area contributed by atoms with Crippen molar-refractivity contribution in [1.82, 2.24) is 0 Å². The quantitative estimate of drug-likeness (QED) is 0.803. The number of hydrogen-bond acceptors (Lipinski definition) is 3. The monoisotopic (exact) mass is 360 g/mol. The van der Waals surface area contributed by atoms with Crippen molar-refractivity contribution in [2.45, 2.75) is 51.4 Å². The Morgan fingerprint density at radius 3 is 1.65 bits per heavy atom. The molecule has 1 N–H and O–H groups in total. The summed E-state index contributed by atoms with van der Waals surface area (Å²) in [6, 6.07) is 6.19. The molecule has 2 fully saturated rings. The summed E-state index contributed by atoms with van der Waals surface area (Å²) in [6.07, 6.45) is 10.4. The molecule has 3 nitrogen and oxygen atoms in total. The van der Waals surface area contributed by atoms with E-state index in [1.807, 2.05) is 6.07 Å². The Balaban J connectivity index is 0.00000132. The smallest absolute Gasteiger partial charge is 0.139 e. The lowest BCUT2D eigenvalue weighted by Crippen LogP contribution is -2.26. The normalized spacial score (nSPS) is 19.1. The van der Waals surface area contributed by atoms with E-state index in [-0.39, 0.29) is 24.8 Å². The van der Waals surface area contributed by atoms with Crippen molar-refractivity contribution in [1.29, 1.82) is 0 Å². The summed E-state index contributed by atoms with van der Waals surface area (Å²) >= 11 is 0. The summed E-state index contributed by atoms with van der Waals surface area (Å²) in [4.78, 5) is 4.87. The van der Waals surface area contributed by atoms with Crippen LogP contribution in [0.2, 0.25) is 0 Å². The third-order valence-corrected chi connectivity index (χ3v) is 4.88. The van der Waals surface area contributed by atoms with Gasteiger partial charge in [0.25, 0.3) is 0 Å². The van der Waals surface area contributed by atoms with Gasteiger partial charge in [-0.1, -0.05) is 25.7 Å². The predicted octanol–water partition coefficient (Wildman–Crippen LogP) is 5.00. The van der Waals surface area contributed by atoms with Gasteiger partial charge in [0, 0.05) is 31.9 Å². The van der Waals surface area contributed by atoms with Gasteiger partial charge in [-0.15, -0.1) is 24.8 Å². The standard InChI is InChI=1S/C18H28N2O.2ClH/c21-18-10-9-16(19-11-5-1-2-6-12-19)15-17(18)20-13-7-3-4-8-14-20;;/h9-10,15,21H,1-8,11-14H2;2*1H. The second kappa shape index (κ2) is 10.1. The molecule has 2 heterocycles. The SMILES string of the molecule is Cl.Cl.Oc1ccc(N2CCCCCC2)cc1N1CCCCCC1. The number of rotatable bonds is 2. The number of anilines is 2. The van der Waals surface area contributed by atoms with E-state index in [2.05, 4.69) is 21.9 Å². The lowest BCUT2D eigenvalue weighted by molar-refractivity contribution is 0.473. The first-order chi connectivity index (χ1) is 10.3. The van der Waals surface area contributed by atoms with Crippen molar-refractivity contribution >= 4 is 36.2 Å². The summed E-state index contributed by atoms with van der Waals surface area (Å²) in [5.74, 6) is 0.440. The molecule has 1 aromatic carbocycles. The molecule has 0 atom stereocenters. The number of aromatic hydroxyl groups is 1. The van der Waals surface area contributed by atoms with Crippen LogP contribution in [-0.4, -0.2) is 31.3 Å². The van der Waals surface area contributed by atoms with Crippen molar-refractivity contribution in [2.75, 3.05) is 36.0 Å². The summed E-state index contributed by atoms with van der Waals surface area (Å²) < 4.78 is 0. The summed E-state index contributed by atoms with van der Waals surface area (Å²) in [6.45, 7) is 4.47. The molecule has 2 aliphatic heterocycles. The molecule has 0 amide bonds. The molecule has 3 rings (SSSR count). The zero-order chi connectivity index (χ0) is 14.5. The van der Waals surface area contributed by atoms with Crippen molar-refractivity contribution in [3.8, 4) is 5.75 Å². The molecule has 0 spiro atoms. The summed E-state index contributed by atoms with van der Waals surface area (Å²) in [7, 11) is 0. The highest BCUT2D eigenvalue weighted by atomic mass is 35.5. The van der Waals surface area contributed by atoms with Crippen molar-refractivity contribution in [3.05, 3.63) is 18.2 Å². The minimum atomic E-state index is 0. The van der Waals surface area contributed by atoms with Crippen LogP contribution in [0.1, 0.15) is 51.4 Å². The van der Waals surface area contributed by atoms with Crippen LogP contribution < -0.4 is 9.80 Å². The van der Waals surface area contributed by atoms with Gasteiger partial charge in [-0.05, 0) is 43.9 Å². The number of hydrogen-bond donors (Lipinski definition) is 1. The maximum Gasteiger partial charge on any atom is 0.139 e. The van der Waals surface area contributed by atoms with E-state index in [4.69, 9.17) is 0 Å². The average molecular weight is 361 g/mol. The van der Waals surface area contributed by atoms with E-state index in [0.29, 0.717) is 5.75 Å². The first kappa shape index (κ1) is 20.2. The highest BCUT2D eigenvalue weighted by molar-refractivity contribution is 5.85. The lowest BCUT2D eigenvalue weighted by atomic mass is 10.2. The Kier molecular flexibility index (Phi) is 8.93. The van der Waals surface area contributed by atoms with Crippen LogP contribution in [0.4, 0.5) is 11.4 Å². The number of phenolic OH excluding ortho intramolecular Hbond substituents is 1. The van der Waals surface area contributed by atoms with Crippen LogP contribution >= 0.6 is 24.8 Å². The number of phenols is 1. The fraction of sp³-hybridized carbons (Fsp3) is 0.667. The van der Waals surface area contributed by atoms with Crippen LogP contribution in [0.5, 0.6) is 5.75 Å². The number of halogens is 2. The highest BCUT2D eigenvalue weighted by Gasteiger charge is 2.16. The van der Waals surface area contributed by atoms with E-state index in [1.165, 1.54) is 57.1 Å². The Morgan fingerprint density at radius 1 is 0.652 bits per heavy atom. The molecule has 2 aliphatic rings. The van der Waals surface area contributed by atoms with Gasteiger partial charge in [-0.2, -0.15) is 0 Å². The molecular formula is C18H30Cl2N2O. The van der Waals surface area contributed by atoms with Crippen molar-refractivity contribution in [3.63, 3.8) is 0 Å². The topological polar surface area (TPSA) is 26.7 Å². The van der Waals surface area contributed by atoms with Gasteiger partial charge in [0.15, 0.2) is 0 Å². The Bertz CT molecular complexity index is 454. The van der Waals surface area contributed by atoms with Gasteiger partial charge >= 0.3 is 0 Å². The Labute approximate surface area is 152 Å². The Morgan fingerprint density at radius 2 is 1.13 bits per heavy atom. The molecular weight excluding hydrogens is 331 g/mol. The van der Waals surface area contributed by atoms with Gasteiger partial charge in [0.2, 0.25) is 0 Å². The molecule has 1 aromatic rings. The molecule has 0 aromatic heterocycles. The minimum Gasteiger partial charge on any atom is -0.506 e. The molecule has 0 saturated carbocycles. The molecule has 5 heteroatoms. The van der Waals surface area contributed by atoms with Crippen LogP contribution in [0.25, 0.3) is 0 Å². The van der Waals surface area contributed by atoms with Crippen molar-refractivity contribution in [2.24, 2.45) is 0 Å². The van der Waals surface area contributed by atoms with Gasteiger partial charge in [0.05, 0.1) is 5.69 Å². The van der Waals surface area contributed by atoms with Gasteiger partial charge < -0.3 is 14.9 Å². The van der Waals surface area contributed by atoms with Crippen LogP contribution in [-0.2, 0) is 0 Å². The highest BCUT2D eigenvalue weighted by Crippen LogP contribution is 2.34. The van der Waals surface area contributed by atoms with Gasteiger partial charge in [-0.25, -0.2) is 0 Å². The van der Waals surface area contributed by atoms with Crippen molar-refractivity contribution < 1.29 is 5.11 Å². The van der Waals surface area contributed by atoms with E-state index >= 15 is 0 Å². The zero-order valence-electron chi connectivity index (χ0n) is 13.9. The fourth-order valence-electron chi connectivity index (χ4n) is 3.60. The second-order valence-electron chi connectivity index (χ2n) is 6.48. The first-order valence-electron chi connectivity index (χ1n) is 8.67. The summed E-state index contributed by atoms with van der Waals surface area (Å²) in [5, 5.41) is 10.3. The largest absolute Gasteiger partial charge is 0.506 e. The van der Waals surface area contributed by atoms with E-state index < -0.39 is 0 Å². The predicted molar refractivity (Wildman–Crippen MR) is 104 cm³/mol. The maximum absolute atomic E-state index is 10.3. The minimum absolute atomic E-state index is 0. The fourth-order valence-corrected chi connectivity index (χ4v) is 3.60. The van der Waals surface area contributed by atoms with Crippen LogP contribution in [0, 0.1) is 0 Å². The lowest BCUT2D eigenvalue weighted by Gasteiger charge is -2.27. The van der Waals surface area contributed by atoms with Crippen LogP contribution in [0.3, 0.4) is 0 Å². The van der Waals surface area contributed by atoms with Gasteiger partial charge in [-0.3, -0.25) is 0 Å². The molecule has 0 radical (unpaired) electrons. The third kappa shape index (κ3) is 5.36. The van der Waals surface area contributed by atoms with E-state index in [0.717, 1.165) is 31.9 Å². The Hall–Kier alpha value is -0.800. The third-order valence-electron chi connectivity index (χ3n) is 4.88. The number of nitrogens with zero attached hydrogens (tertiary/aromatic N) is 2. The molecule has 0 bridgehead atoms. The second-order valence-corrected chi connectivity index (χ2v) is 6.48.